The van der Waals surface area contributed by atoms with Crippen molar-refractivity contribution in [2.45, 2.75) is 39.5 Å². The van der Waals surface area contributed by atoms with E-state index in [9.17, 15) is 14.4 Å². The van der Waals surface area contributed by atoms with Gasteiger partial charge in [-0.1, -0.05) is 42.3 Å². The van der Waals surface area contributed by atoms with Crippen molar-refractivity contribution in [3.63, 3.8) is 0 Å². The second kappa shape index (κ2) is 10.6. The maximum atomic E-state index is 12.9. The molecule has 1 aliphatic rings. The Bertz CT molecular complexity index is 909. The van der Waals surface area contributed by atoms with Gasteiger partial charge in [-0.15, -0.1) is 0 Å². The third-order valence-electron chi connectivity index (χ3n) is 4.68. The number of carbonyl (C=O) groups excluding carboxylic acids is 3. The Hall–Kier alpha value is -2.38. The minimum absolute atomic E-state index is 0.117. The predicted octanol–water partition coefficient (Wildman–Crippen LogP) is 4.46. The van der Waals surface area contributed by atoms with Crippen LogP contribution in [0.1, 0.15) is 45.1 Å². The summed E-state index contributed by atoms with van der Waals surface area (Å²) in [5, 5.41) is 0.483. The topological polar surface area (TPSA) is 91.3 Å². The van der Waals surface area contributed by atoms with E-state index < -0.39 is 36.5 Å². The molecule has 1 unspecified atom stereocenters. The van der Waals surface area contributed by atoms with Crippen molar-refractivity contribution in [3.05, 3.63) is 45.1 Å². The van der Waals surface area contributed by atoms with Gasteiger partial charge in [0, 0.05) is 23.7 Å². The highest BCUT2D eigenvalue weighted by molar-refractivity contribution is 6.42. The van der Waals surface area contributed by atoms with Crippen LogP contribution in [0.5, 0.6) is 0 Å². The second-order valence-electron chi connectivity index (χ2n) is 6.69. The van der Waals surface area contributed by atoms with Crippen molar-refractivity contribution in [2.75, 3.05) is 13.9 Å². The molecule has 2 atom stereocenters. The lowest BCUT2D eigenvalue weighted by atomic mass is 9.75. The molecule has 0 spiro atoms. The number of esters is 3. The average Bonchev–Trinajstić information content (AvgIpc) is 2.69. The number of hydrogen-bond acceptors (Lipinski definition) is 7. The highest BCUT2D eigenvalue weighted by Gasteiger charge is 2.43. The second-order valence-corrected chi connectivity index (χ2v) is 7.47. The Labute approximate surface area is 185 Å². The first-order valence-electron chi connectivity index (χ1n) is 9.33. The number of halogens is 2. The van der Waals surface area contributed by atoms with Gasteiger partial charge in [0.15, 0.2) is 0 Å². The van der Waals surface area contributed by atoms with E-state index in [-0.39, 0.29) is 22.0 Å². The van der Waals surface area contributed by atoms with Gasteiger partial charge in [-0.3, -0.25) is 14.6 Å². The van der Waals surface area contributed by atoms with Crippen molar-refractivity contribution < 1.29 is 28.6 Å². The molecule has 0 aliphatic carbocycles. The zero-order valence-corrected chi connectivity index (χ0v) is 18.7. The number of hydrogen-bond donors (Lipinski definition) is 0. The summed E-state index contributed by atoms with van der Waals surface area (Å²) in [6.45, 7) is 4.58. The van der Waals surface area contributed by atoms with E-state index in [2.05, 4.69) is 4.99 Å². The summed E-state index contributed by atoms with van der Waals surface area (Å²) >= 11 is 12.6. The number of nitrogens with zero attached hydrogens (tertiary/aromatic N) is 1. The van der Waals surface area contributed by atoms with Crippen LogP contribution in [0.3, 0.4) is 0 Å². The Balaban J connectivity index is 2.46. The van der Waals surface area contributed by atoms with Gasteiger partial charge in [0.1, 0.15) is 5.92 Å². The first kappa shape index (κ1) is 23.9. The molecule has 0 aromatic heterocycles. The van der Waals surface area contributed by atoms with Gasteiger partial charge in [-0.25, -0.2) is 4.79 Å². The minimum Gasteiger partial charge on any atom is -0.468 e. The molecule has 1 aromatic carbocycles. The summed E-state index contributed by atoms with van der Waals surface area (Å²) in [7, 11) is 1.25. The van der Waals surface area contributed by atoms with Crippen molar-refractivity contribution in [3.8, 4) is 0 Å². The Morgan fingerprint density at radius 2 is 1.83 bits per heavy atom. The molecule has 0 radical (unpaired) electrons. The van der Waals surface area contributed by atoms with E-state index in [1.54, 1.807) is 32.0 Å². The van der Waals surface area contributed by atoms with Gasteiger partial charge >= 0.3 is 17.9 Å². The van der Waals surface area contributed by atoms with Gasteiger partial charge in [-0.2, -0.15) is 0 Å². The monoisotopic (exact) mass is 455 g/mol. The van der Waals surface area contributed by atoms with Gasteiger partial charge in [-0.05, 0) is 31.9 Å². The van der Waals surface area contributed by atoms with Crippen molar-refractivity contribution in [2.24, 2.45) is 10.9 Å². The van der Waals surface area contributed by atoms with Crippen LogP contribution in [-0.4, -0.2) is 37.5 Å². The molecule has 0 fully saturated rings. The standard InChI is InChI=1S/C21H23Cl2NO6/c1-5-7-15(25)29-10-30-21(27)17-12(3)24-11(2)16(20(26)28-4)18(17)13-8-6-9-14(22)19(13)23/h6,8-9,16,18H,5,7,10H2,1-4H3/t16?,18-/m1/s1. The fourth-order valence-corrected chi connectivity index (χ4v) is 3.76. The third-order valence-corrected chi connectivity index (χ3v) is 5.52. The molecule has 0 saturated heterocycles. The number of allylic oxidation sites excluding steroid dienone is 1. The lowest BCUT2D eigenvalue weighted by molar-refractivity contribution is -0.164. The van der Waals surface area contributed by atoms with Crippen molar-refractivity contribution >= 4 is 46.8 Å². The Morgan fingerprint density at radius 1 is 1.13 bits per heavy atom. The van der Waals surface area contributed by atoms with E-state index >= 15 is 0 Å². The number of ether oxygens (including phenoxy) is 3. The minimum atomic E-state index is -0.903. The molecular formula is C21H23Cl2NO6. The summed E-state index contributed by atoms with van der Waals surface area (Å²) in [6.07, 6.45) is 0.828. The van der Waals surface area contributed by atoms with Gasteiger partial charge in [0.05, 0.1) is 22.7 Å². The number of carbonyl (C=O) groups is 3. The van der Waals surface area contributed by atoms with E-state index in [0.29, 0.717) is 23.4 Å². The molecule has 1 heterocycles. The quantitative estimate of drug-likeness (QED) is 0.445. The van der Waals surface area contributed by atoms with E-state index in [1.807, 2.05) is 6.92 Å². The predicted molar refractivity (Wildman–Crippen MR) is 112 cm³/mol. The zero-order valence-electron chi connectivity index (χ0n) is 17.2. The van der Waals surface area contributed by atoms with Crippen LogP contribution >= 0.6 is 23.2 Å². The van der Waals surface area contributed by atoms with Gasteiger partial charge < -0.3 is 14.2 Å². The van der Waals surface area contributed by atoms with Crippen molar-refractivity contribution in [1.82, 2.24) is 0 Å². The lowest BCUT2D eigenvalue weighted by Crippen LogP contribution is -2.36. The largest absolute Gasteiger partial charge is 0.468 e. The molecule has 1 aliphatic heterocycles. The highest BCUT2D eigenvalue weighted by atomic mass is 35.5. The first-order valence-corrected chi connectivity index (χ1v) is 10.1. The van der Waals surface area contributed by atoms with Crippen LogP contribution in [0.15, 0.2) is 34.5 Å². The van der Waals surface area contributed by atoms with Crippen molar-refractivity contribution in [1.29, 1.82) is 0 Å². The number of methoxy groups -OCH3 is 1. The number of benzene rings is 1. The smallest absolute Gasteiger partial charge is 0.339 e. The Kier molecular flexibility index (Phi) is 8.43. The van der Waals surface area contributed by atoms with Crippen LogP contribution in [0, 0.1) is 5.92 Å². The molecule has 0 bridgehead atoms. The summed E-state index contributed by atoms with van der Waals surface area (Å²) in [4.78, 5) is 41.4. The normalized spacial score (nSPS) is 18.5. The summed E-state index contributed by atoms with van der Waals surface area (Å²) < 4.78 is 15.0. The molecular weight excluding hydrogens is 433 g/mol. The Morgan fingerprint density at radius 3 is 2.47 bits per heavy atom. The third kappa shape index (κ3) is 5.21. The van der Waals surface area contributed by atoms with Crippen LogP contribution in [0.25, 0.3) is 0 Å². The van der Waals surface area contributed by atoms with E-state index in [0.717, 1.165) is 0 Å². The molecule has 1 aromatic rings. The molecule has 162 valence electrons. The fourth-order valence-electron chi connectivity index (χ4n) is 3.33. The summed E-state index contributed by atoms with van der Waals surface area (Å²) in [5.74, 6) is -3.57. The van der Waals surface area contributed by atoms with Gasteiger partial charge in [0.2, 0.25) is 6.79 Å². The summed E-state index contributed by atoms with van der Waals surface area (Å²) in [5.41, 5.74) is 1.40. The fraction of sp³-hybridized carbons (Fsp3) is 0.429. The molecule has 2 rings (SSSR count). The van der Waals surface area contributed by atoms with Gasteiger partial charge in [0.25, 0.3) is 0 Å². The molecule has 7 nitrogen and oxygen atoms in total. The molecule has 30 heavy (non-hydrogen) atoms. The summed E-state index contributed by atoms with van der Waals surface area (Å²) in [6, 6.07) is 4.95. The molecule has 0 N–H and O–H groups in total. The van der Waals surface area contributed by atoms with Crippen LogP contribution in [-0.2, 0) is 28.6 Å². The lowest BCUT2D eigenvalue weighted by Gasteiger charge is -2.31. The van der Waals surface area contributed by atoms with E-state index in [4.69, 9.17) is 37.4 Å². The van der Waals surface area contributed by atoms with E-state index in [1.165, 1.54) is 7.11 Å². The maximum absolute atomic E-state index is 12.9. The molecule has 0 amide bonds. The van der Waals surface area contributed by atoms with Crippen LogP contribution in [0.2, 0.25) is 10.0 Å². The molecule has 9 heteroatoms. The maximum Gasteiger partial charge on any atom is 0.339 e. The average molecular weight is 456 g/mol. The number of rotatable bonds is 7. The van der Waals surface area contributed by atoms with Crippen LogP contribution < -0.4 is 0 Å². The van der Waals surface area contributed by atoms with Crippen LogP contribution in [0.4, 0.5) is 0 Å². The molecule has 0 saturated carbocycles. The number of aliphatic imine (C=N–C) groups is 1. The highest BCUT2D eigenvalue weighted by Crippen LogP contribution is 2.44. The SMILES string of the molecule is CCCC(=O)OCOC(=O)C1=C(C)N=C(C)C(C(=O)OC)[C@H]1c1cccc(Cl)c1Cl. The zero-order chi connectivity index (χ0) is 22.4. The first-order chi connectivity index (χ1) is 14.2.